The molecule has 94 valence electrons. The number of nitrogens with zero attached hydrogens (tertiary/aromatic N) is 2. The summed E-state index contributed by atoms with van der Waals surface area (Å²) in [7, 11) is 0. The van der Waals surface area contributed by atoms with Crippen LogP contribution < -0.4 is 5.73 Å². The second-order valence-electron chi connectivity index (χ2n) is 4.30. The average Bonchev–Trinajstić information content (AvgIpc) is 2.28. The van der Waals surface area contributed by atoms with E-state index in [4.69, 9.17) is 5.73 Å². The molecule has 0 aliphatic heterocycles. The number of anilines is 1. The monoisotopic (exact) mass is 249 g/mol. The Labute approximate surface area is 104 Å². The van der Waals surface area contributed by atoms with E-state index < -0.39 is 11.6 Å². The minimum absolute atomic E-state index is 0.0469. The molecule has 0 aliphatic rings. The summed E-state index contributed by atoms with van der Waals surface area (Å²) in [6, 6.07) is 3.39. The summed E-state index contributed by atoms with van der Waals surface area (Å²) in [5.74, 6) is -0.913. The standard InChI is InChI=1S/C13H13F2N3/c1-7(2)11-12(17-6-18-13(11)16)9-4-3-8(14)5-10(9)15/h3-7H,1-2H3,(H2,16,17,18). The van der Waals surface area contributed by atoms with Gasteiger partial charge in [0.2, 0.25) is 0 Å². The van der Waals surface area contributed by atoms with E-state index in [-0.39, 0.29) is 11.5 Å². The minimum Gasteiger partial charge on any atom is -0.383 e. The van der Waals surface area contributed by atoms with E-state index in [0.717, 1.165) is 6.07 Å². The molecule has 0 saturated heterocycles. The number of nitrogen functional groups attached to an aromatic ring is 1. The molecule has 18 heavy (non-hydrogen) atoms. The lowest BCUT2D eigenvalue weighted by Gasteiger charge is -2.14. The topological polar surface area (TPSA) is 51.8 Å². The number of hydrogen-bond donors (Lipinski definition) is 1. The second-order valence-corrected chi connectivity index (χ2v) is 4.30. The maximum atomic E-state index is 13.8. The van der Waals surface area contributed by atoms with Crippen LogP contribution in [0.3, 0.4) is 0 Å². The molecule has 0 saturated carbocycles. The van der Waals surface area contributed by atoms with Crippen molar-refractivity contribution in [3.05, 3.63) is 41.7 Å². The van der Waals surface area contributed by atoms with Crippen LogP contribution >= 0.6 is 0 Å². The van der Waals surface area contributed by atoms with Crippen molar-refractivity contribution in [2.45, 2.75) is 19.8 Å². The number of nitrogens with two attached hydrogens (primary N) is 1. The van der Waals surface area contributed by atoms with Crippen LogP contribution in [0.25, 0.3) is 11.3 Å². The third-order valence-corrected chi connectivity index (χ3v) is 2.68. The first-order chi connectivity index (χ1) is 8.50. The van der Waals surface area contributed by atoms with Gasteiger partial charge in [-0.1, -0.05) is 13.8 Å². The van der Waals surface area contributed by atoms with Gasteiger partial charge in [-0.05, 0) is 18.1 Å². The Morgan fingerprint density at radius 3 is 2.50 bits per heavy atom. The van der Waals surface area contributed by atoms with E-state index >= 15 is 0 Å². The van der Waals surface area contributed by atoms with Crippen LogP contribution in [0.5, 0.6) is 0 Å². The highest BCUT2D eigenvalue weighted by Crippen LogP contribution is 2.31. The molecule has 1 heterocycles. The van der Waals surface area contributed by atoms with Gasteiger partial charge in [0, 0.05) is 17.2 Å². The first kappa shape index (κ1) is 12.4. The van der Waals surface area contributed by atoms with E-state index in [1.807, 2.05) is 13.8 Å². The zero-order chi connectivity index (χ0) is 13.3. The van der Waals surface area contributed by atoms with Crippen LogP contribution in [0.1, 0.15) is 25.3 Å². The summed E-state index contributed by atoms with van der Waals surface area (Å²) < 4.78 is 26.7. The van der Waals surface area contributed by atoms with Crippen molar-refractivity contribution < 1.29 is 8.78 Å². The summed E-state index contributed by atoms with van der Waals surface area (Å²) in [6.45, 7) is 3.83. The maximum absolute atomic E-state index is 13.8. The Balaban J connectivity index is 2.67. The van der Waals surface area contributed by atoms with Crippen LogP contribution in [-0.4, -0.2) is 9.97 Å². The van der Waals surface area contributed by atoms with Crippen molar-refractivity contribution in [1.82, 2.24) is 9.97 Å². The van der Waals surface area contributed by atoms with Gasteiger partial charge in [0.05, 0.1) is 5.69 Å². The molecule has 5 heteroatoms. The van der Waals surface area contributed by atoms with Crippen LogP contribution in [0.2, 0.25) is 0 Å². The fourth-order valence-electron chi connectivity index (χ4n) is 1.87. The molecule has 0 unspecified atom stereocenters. The highest BCUT2D eigenvalue weighted by molar-refractivity contribution is 5.68. The highest BCUT2D eigenvalue weighted by Gasteiger charge is 2.17. The number of hydrogen-bond acceptors (Lipinski definition) is 3. The third-order valence-electron chi connectivity index (χ3n) is 2.68. The lowest BCUT2D eigenvalue weighted by molar-refractivity contribution is 0.585. The summed E-state index contributed by atoms with van der Waals surface area (Å²) in [5.41, 5.74) is 7.10. The number of rotatable bonds is 2. The molecule has 2 rings (SSSR count). The predicted octanol–water partition coefficient (Wildman–Crippen LogP) is 3.13. The van der Waals surface area contributed by atoms with Gasteiger partial charge in [-0.2, -0.15) is 0 Å². The van der Waals surface area contributed by atoms with Gasteiger partial charge in [0.1, 0.15) is 23.8 Å². The van der Waals surface area contributed by atoms with Crippen molar-refractivity contribution >= 4 is 5.82 Å². The first-order valence-electron chi connectivity index (χ1n) is 5.56. The summed E-state index contributed by atoms with van der Waals surface area (Å²) >= 11 is 0. The molecular formula is C13H13F2N3. The number of aromatic nitrogens is 2. The molecule has 0 atom stereocenters. The SMILES string of the molecule is CC(C)c1c(N)ncnc1-c1ccc(F)cc1F. The van der Waals surface area contributed by atoms with E-state index in [9.17, 15) is 8.78 Å². The van der Waals surface area contributed by atoms with Gasteiger partial charge in [0.25, 0.3) is 0 Å². The molecule has 0 aliphatic carbocycles. The summed E-state index contributed by atoms with van der Waals surface area (Å²) in [5, 5.41) is 0. The van der Waals surface area contributed by atoms with Gasteiger partial charge in [-0.15, -0.1) is 0 Å². The first-order valence-corrected chi connectivity index (χ1v) is 5.56. The Morgan fingerprint density at radius 2 is 1.89 bits per heavy atom. The van der Waals surface area contributed by atoms with E-state index in [2.05, 4.69) is 9.97 Å². The van der Waals surface area contributed by atoms with Gasteiger partial charge in [-0.3, -0.25) is 0 Å². The summed E-state index contributed by atoms with van der Waals surface area (Å²) in [4.78, 5) is 7.97. The lowest BCUT2D eigenvalue weighted by Crippen LogP contribution is -2.05. The van der Waals surface area contributed by atoms with Gasteiger partial charge >= 0.3 is 0 Å². The van der Waals surface area contributed by atoms with Crippen LogP contribution in [0.15, 0.2) is 24.5 Å². The fraction of sp³-hybridized carbons (Fsp3) is 0.231. The molecule has 3 nitrogen and oxygen atoms in total. The van der Waals surface area contributed by atoms with Crippen molar-refractivity contribution in [1.29, 1.82) is 0 Å². The Kier molecular flexibility index (Phi) is 3.23. The number of benzene rings is 1. The maximum Gasteiger partial charge on any atom is 0.135 e. The molecular weight excluding hydrogens is 236 g/mol. The zero-order valence-corrected chi connectivity index (χ0v) is 10.1. The van der Waals surface area contributed by atoms with E-state index in [1.165, 1.54) is 18.5 Å². The molecule has 1 aromatic carbocycles. The van der Waals surface area contributed by atoms with Crippen molar-refractivity contribution in [3.63, 3.8) is 0 Å². The van der Waals surface area contributed by atoms with Crippen molar-refractivity contribution in [3.8, 4) is 11.3 Å². The average molecular weight is 249 g/mol. The summed E-state index contributed by atoms with van der Waals surface area (Å²) in [6.07, 6.45) is 1.28. The molecule has 0 fully saturated rings. The largest absolute Gasteiger partial charge is 0.383 e. The quantitative estimate of drug-likeness (QED) is 0.889. The van der Waals surface area contributed by atoms with Gasteiger partial charge < -0.3 is 5.73 Å². The predicted molar refractivity (Wildman–Crippen MR) is 65.9 cm³/mol. The Hall–Kier alpha value is -2.04. The van der Waals surface area contributed by atoms with E-state index in [0.29, 0.717) is 17.1 Å². The zero-order valence-electron chi connectivity index (χ0n) is 10.1. The molecule has 0 bridgehead atoms. The normalized spacial score (nSPS) is 10.9. The Bertz CT molecular complexity index is 582. The molecule has 0 radical (unpaired) electrons. The van der Waals surface area contributed by atoms with Crippen molar-refractivity contribution in [2.24, 2.45) is 0 Å². The van der Waals surface area contributed by atoms with Crippen LogP contribution in [-0.2, 0) is 0 Å². The van der Waals surface area contributed by atoms with Gasteiger partial charge in [0.15, 0.2) is 0 Å². The smallest absolute Gasteiger partial charge is 0.135 e. The minimum atomic E-state index is -0.657. The third kappa shape index (κ3) is 2.16. The second kappa shape index (κ2) is 4.68. The fourth-order valence-corrected chi connectivity index (χ4v) is 1.87. The lowest BCUT2D eigenvalue weighted by atomic mass is 9.97. The van der Waals surface area contributed by atoms with Crippen molar-refractivity contribution in [2.75, 3.05) is 5.73 Å². The van der Waals surface area contributed by atoms with E-state index in [1.54, 1.807) is 0 Å². The number of halogens is 2. The molecule has 2 aromatic rings. The Morgan fingerprint density at radius 1 is 1.17 bits per heavy atom. The highest BCUT2D eigenvalue weighted by atomic mass is 19.1. The van der Waals surface area contributed by atoms with Crippen LogP contribution in [0, 0.1) is 11.6 Å². The van der Waals surface area contributed by atoms with Crippen LogP contribution in [0.4, 0.5) is 14.6 Å². The molecule has 1 aromatic heterocycles. The molecule has 0 spiro atoms. The molecule has 2 N–H and O–H groups in total. The van der Waals surface area contributed by atoms with Gasteiger partial charge in [-0.25, -0.2) is 18.7 Å². The molecule has 0 amide bonds.